The van der Waals surface area contributed by atoms with Crippen molar-refractivity contribution in [3.8, 4) is 17.6 Å². The molecule has 0 aliphatic carbocycles. The number of methoxy groups -OCH3 is 3. The highest BCUT2D eigenvalue weighted by Crippen LogP contribution is 2.30. The van der Waals surface area contributed by atoms with Crippen molar-refractivity contribution in [3.63, 3.8) is 0 Å². The molecule has 0 saturated heterocycles. The molecule has 0 unspecified atom stereocenters. The van der Waals surface area contributed by atoms with Crippen LogP contribution >= 0.6 is 0 Å². The van der Waals surface area contributed by atoms with E-state index in [9.17, 15) is 14.4 Å². The number of carbonyl (C=O) groups is 1. The minimum absolute atomic E-state index is 0.0233. The molecule has 0 bridgehead atoms. The van der Waals surface area contributed by atoms with Crippen molar-refractivity contribution in [3.05, 3.63) is 35.6 Å². The Balaban J connectivity index is 2.38. The molecule has 1 aromatic heterocycles. The molecular formula is C20H24FN5O5. The predicted molar refractivity (Wildman–Crippen MR) is 112 cm³/mol. The number of nitrogens with one attached hydrogen (secondary N) is 3. The van der Waals surface area contributed by atoms with Gasteiger partial charge in [0.2, 0.25) is 0 Å². The van der Waals surface area contributed by atoms with Crippen molar-refractivity contribution < 1.29 is 28.5 Å². The number of pyridine rings is 1. The Kier molecular flexibility index (Phi) is 8.22. The van der Waals surface area contributed by atoms with Crippen molar-refractivity contribution >= 4 is 23.4 Å². The standard InChI is InChI=1S/C20H24FN5O5/c1-11(23-20(27)28)17(10-29-2)25-19-16(21)5-12(9-22)18(26-19)24-13-6-14(30-3)8-15(7-13)31-4/h5-8,11,17,23H,10H2,1-4H3,(H,27,28)(H2,24,25,26)/t11-,17+/m0/s1. The number of hydrogen-bond acceptors (Lipinski definition) is 8. The number of halogens is 1. The first-order chi connectivity index (χ1) is 14.8. The second-order valence-corrected chi connectivity index (χ2v) is 6.50. The zero-order valence-corrected chi connectivity index (χ0v) is 17.5. The van der Waals surface area contributed by atoms with Gasteiger partial charge in [-0.25, -0.2) is 14.2 Å². The van der Waals surface area contributed by atoms with Crippen LogP contribution in [0.3, 0.4) is 0 Å². The second-order valence-electron chi connectivity index (χ2n) is 6.50. The quantitative estimate of drug-likeness (QED) is 0.445. The molecule has 11 heteroatoms. The fourth-order valence-corrected chi connectivity index (χ4v) is 2.75. The van der Waals surface area contributed by atoms with Gasteiger partial charge in [-0.05, 0) is 13.0 Å². The molecule has 0 spiro atoms. The Morgan fingerprint density at radius 2 is 1.84 bits per heavy atom. The fraction of sp³-hybridized carbons (Fsp3) is 0.350. The Morgan fingerprint density at radius 3 is 2.35 bits per heavy atom. The summed E-state index contributed by atoms with van der Waals surface area (Å²) in [6.45, 7) is 1.69. The third-order valence-corrected chi connectivity index (χ3v) is 4.33. The smallest absolute Gasteiger partial charge is 0.404 e. The van der Waals surface area contributed by atoms with Crippen LogP contribution < -0.4 is 25.4 Å². The zero-order chi connectivity index (χ0) is 23.0. The predicted octanol–water partition coefficient (Wildman–Crippen LogP) is 2.94. The van der Waals surface area contributed by atoms with Gasteiger partial charge >= 0.3 is 6.09 Å². The van der Waals surface area contributed by atoms with Gasteiger partial charge in [0.25, 0.3) is 0 Å². The summed E-state index contributed by atoms with van der Waals surface area (Å²) in [4.78, 5) is 15.1. The molecule has 2 rings (SSSR count). The minimum atomic E-state index is -1.22. The van der Waals surface area contributed by atoms with Crippen LogP contribution in [0.25, 0.3) is 0 Å². The third kappa shape index (κ3) is 6.35. The highest BCUT2D eigenvalue weighted by molar-refractivity contribution is 5.68. The molecule has 31 heavy (non-hydrogen) atoms. The van der Waals surface area contributed by atoms with Crippen molar-refractivity contribution in [2.24, 2.45) is 0 Å². The molecule has 2 aromatic rings. The van der Waals surface area contributed by atoms with Gasteiger partial charge in [0.05, 0.1) is 38.5 Å². The highest BCUT2D eigenvalue weighted by atomic mass is 19.1. The first-order valence-corrected chi connectivity index (χ1v) is 9.16. The Morgan fingerprint density at radius 1 is 1.19 bits per heavy atom. The topological polar surface area (TPSA) is 138 Å². The molecule has 0 radical (unpaired) electrons. The van der Waals surface area contributed by atoms with Crippen molar-refractivity contribution in [1.29, 1.82) is 5.26 Å². The van der Waals surface area contributed by atoms with Gasteiger partial charge in [0, 0.05) is 31.0 Å². The molecule has 0 aliphatic rings. The number of rotatable bonds is 10. The SMILES string of the molecule is COC[C@@H](Nc1nc(Nc2cc(OC)cc(OC)c2)c(C#N)cc1F)[C@H](C)NC(=O)O. The molecule has 1 amide bonds. The van der Waals surface area contributed by atoms with Crippen molar-refractivity contribution in [1.82, 2.24) is 10.3 Å². The number of carboxylic acid groups (broad SMARTS) is 1. The fourth-order valence-electron chi connectivity index (χ4n) is 2.75. The molecule has 0 aliphatic heterocycles. The monoisotopic (exact) mass is 433 g/mol. The summed E-state index contributed by atoms with van der Waals surface area (Å²) in [7, 11) is 4.44. The molecular weight excluding hydrogens is 409 g/mol. The number of hydrogen-bond donors (Lipinski definition) is 4. The van der Waals surface area contributed by atoms with Gasteiger partial charge in [-0.15, -0.1) is 0 Å². The summed E-state index contributed by atoms with van der Waals surface area (Å²) in [6, 6.07) is 6.69. The van der Waals surface area contributed by atoms with E-state index in [2.05, 4.69) is 20.9 Å². The van der Waals surface area contributed by atoms with Crippen LogP contribution in [0.1, 0.15) is 12.5 Å². The van der Waals surface area contributed by atoms with Gasteiger partial charge in [0.1, 0.15) is 17.6 Å². The van der Waals surface area contributed by atoms with Crippen LogP contribution in [0.4, 0.5) is 26.5 Å². The highest BCUT2D eigenvalue weighted by Gasteiger charge is 2.22. The van der Waals surface area contributed by atoms with E-state index in [1.807, 2.05) is 6.07 Å². The molecule has 166 valence electrons. The average molecular weight is 433 g/mol. The van der Waals surface area contributed by atoms with Crippen molar-refractivity contribution in [2.45, 2.75) is 19.0 Å². The lowest BCUT2D eigenvalue weighted by Gasteiger charge is -2.25. The lowest BCUT2D eigenvalue weighted by atomic mass is 10.1. The number of amides is 1. The molecule has 0 saturated carbocycles. The summed E-state index contributed by atoms with van der Waals surface area (Å²) >= 11 is 0. The summed E-state index contributed by atoms with van der Waals surface area (Å²) in [5.41, 5.74) is 0.483. The summed E-state index contributed by atoms with van der Waals surface area (Å²) in [5, 5.41) is 26.5. The molecule has 1 heterocycles. The number of ether oxygens (including phenoxy) is 3. The van der Waals surface area contributed by atoms with Gasteiger partial charge in [-0.2, -0.15) is 5.26 Å². The van der Waals surface area contributed by atoms with E-state index in [0.717, 1.165) is 6.07 Å². The number of aromatic nitrogens is 1. The Hall–Kier alpha value is -3.78. The lowest BCUT2D eigenvalue weighted by molar-refractivity contribution is 0.163. The van der Waals surface area contributed by atoms with E-state index in [0.29, 0.717) is 17.2 Å². The second kappa shape index (κ2) is 10.8. The molecule has 4 N–H and O–H groups in total. The Bertz CT molecular complexity index is 943. The molecule has 1 aromatic carbocycles. The van der Waals surface area contributed by atoms with E-state index in [1.54, 1.807) is 25.1 Å². The van der Waals surface area contributed by atoms with Gasteiger partial charge < -0.3 is 35.3 Å². The van der Waals surface area contributed by atoms with Gasteiger partial charge in [-0.3, -0.25) is 0 Å². The van der Waals surface area contributed by atoms with Crippen LogP contribution in [0.2, 0.25) is 0 Å². The van der Waals surface area contributed by atoms with E-state index in [1.165, 1.54) is 21.3 Å². The Labute approximate surface area is 178 Å². The van der Waals surface area contributed by atoms with Crippen LogP contribution in [-0.2, 0) is 4.74 Å². The third-order valence-electron chi connectivity index (χ3n) is 4.33. The normalized spacial score (nSPS) is 12.3. The lowest BCUT2D eigenvalue weighted by Crippen LogP contribution is -2.47. The van der Waals surface area contributed by atoms with Crippen LogP contribution in [0.15, 0.2) is 24.3 Å². The molecule has 0 fully saturated rings. The maximum Gasteiger partial charge on any atom is 0.404 e. The first kappa shape index (κ1) is 23.5. The summed E-state index contributed by atoms with van der Waals surface area (Å²) < 4.78 is 30.1. The minimum Gasteiger partial charge on any atom is -0.497 e. The van der Waals surface area contributed by atoms with E-state index < -0.39 is 24.0 Å². The number of nitriles is 1. The van der Waals surface area contributed by atoms with E-state index in [4.69, 9.17) is 19.3 Å². The molecule has 2 atom stereocenters. The van der Waals surface area contributed by atoms with E-state index >= 15 is 0 Å². The van der Waals surface area contributed by atoms with Gasteiger partial charge in [0.15, 0.2) is 17.5 Å². The molecule has 10 nitrogen and oxygen atoms in total. The van der Waals surface area contributed by atoms with Gasteiger partial charge in [-0.1, -0.05) is 0 Å². The van der Waals surface area contributed by atoms with Crippen molar-refractivity contribution in [2.75, 3.05) is 38.6 Å². The largest absolute Gasteiger partial charge is 0.497 e. The maximum atomic E-state index is 14.6. The number of anilines is 3. The maximum absolute atomic E-state index is 14.6. The van der Waals surface area contributed by atoms with E-state index in [-0.39, 0.29) is 23.8 Å². The average Bonchev–Trinajstić information content (AvgIpc) is 2.74. The van der Waals surface area contributed by atoms with Crippen LogP contribution in [0.5, 0.6) is 11.5 Å². The zero-order valence-electron chi connectivity index (χ0n) is 17.5. The number of nitrogens with zero attached hydrogens (tertiary/aromatic N) is 2. The number of benzene rings is 1. The van der Waals surface area contributed by atoms with Crippen LogP contribution in [-0.4, -0.2) is 56.2 Å². The first-order valence-electron chi connectivity index (χ1n) is 9.16. The van der Waals surface area contributed by atoms with Crippen LogP contribution in [0, 0.1) is 17.1 Å². The summed E-state index contributed by atoms with van der Waals surface area (Å²) in [5.74, 6) is 0.173. The summed E-state index contributed by atoms with van der Waals surface area (Å²) in [6.07, 6.45) is -1.22.